The average Bonchev–Trinajstić information content (AvgIpc) is 2.76. The standard InChI is InChI=1S/C26H30N6O/c1-17-9-21(10-18(2)29-17)30-22-13-31(14-22)15-23-16-32(12-19(3)33-23)25-7-6-20(11-27)26-24(25)5-4-8-28-26/h4-10,19,22-23H,12-16H2,1-3H3,(H,29,30)/t19-,23+/m1/s1. The van der Waals surface area contributed by atoms with Crippen molar-refractivity contribution in [2.45, 2.75) is 39.0 Å². The van der Waals surface area contributed by atoms with Crippen molar-refractivity contribution >= 4 is 22.3 Å². The molecule has 33 heavy (non-hydrogen) atoms. The van der Waals surface area contributed by atoms with Gasteiger partial charge in [-0.2, -0.15) is 5.26 Å². The smallest absolute Gasteiger partial charge is 0.101 e. The molecule has 0 unspecified atom stereocenters. The number of nitrogens with zero attached hydrogens (tertiary/aromatic N) is 5. The Morgan fingerprint density at radius 1 is 1.12 bits per heavy atom. The van der Waals surface area contributed by atoms with Gasteiger partial charge >= 0.3 is 0 Å². The highest BCUT2D eigenvalue weighted by Gasteiger charge is 2.33. The summed E-state index contributed by atoms with van der Waals surface area (Å²) in [6.45, 7) is 10.8. The van der Waals surface area contributed by atoms with Crippen LogP contribution in [0.15, 0.2) is 42.6 Å². The van der Waals surface area contributed by atoms with Crippen LogP contribution >= 0.6 is 0 Å². The predicted molar refractivity (Wildman–Crippen MR) is 131 cm³/mol. The molecule has 2 fully saturated rings. The van der Waals surface area contributed by atoms with E-state index in [0.717, 1.165) is 66.4 Å². The Morgan fingerprint density at radius 3 is 2.67 bits per heavy atom. The first-order chi connectivity index (χ1) is 16.0. The third-order valence-corrected chi connectivity index (χ3v) is 6.41. The van der Waals surface area contributed by atoms with Crippen LogP contribution in [0.5, 0.6) is 0 Å². The number of rotatable bonds is 5. The van der Waals surface area contributed by atoms with Gasteiger partial charge in [0.05, 0.1) is 29.3 Å². The minimum atomic E-state index is 0.141. The summed E-state index contributed by atoms with van der Waals surface area (Å²) in [6, 6.07) is 14.9. The first-order valence-electron chi connectivity index (χ1n) is 11.6. The molecule has 2 aliphatic heterocycles. The Labute approximate surface area is 195 Å². The van der Waals surface area contributed by atoms with Crippen LogP contribution in [0, 0.1) is 25.2 Å². The molecule has 7 heteroatoms. The lowest BCUT2D eigenvalue weighted by Crippen LogP contribution is -2.59. The monoisotopic (exact) mass is 442 g/mol. The van der Waals surface area contributed by atoms with Crippen molar-refractivity contribution in [3.05, 3.63) is 59.5 Å². The van der Waals surface area contributed by atoms with Crippen LogP contribution in [0.1, 0.15) is 23.9 Å². The number of anilines is 2. The second-order valence-electron chi connectivity index (χ2n) is 9.32. The van der Waals surface area contributed by atoms with Gasteiger partial charge in [0, 0.05) is 67.1 Å². The number of ether oxygens (including phenoxy) is 1. The Bertz CT molecular complexity index is 1180. The van der Waals surface area contributed by atoms with Crippen LogP contribution in [0.2, 0.25) is 0 Å². The fourth-order valence-corrected chi connectivity index (χ4v) is 5.12. The van der Waals surface area contributed by atoms with Gasteiger partial charge in [0.1, 0.15) is 6.07 Å². The number of aryl methyl sites for hydroxylation is 2. The van der Waals surface area contributed by atoms with Crippen molar-refractivity contribution in [2.75, 3.05) is 42.9 Å². The van der Waals surface area contributed by atoms with E-state index in [9.17, 15) is 5.26 Å². The van der Waals surface area contributed by atoms with E-state index in [1.165, 1.54) is 0 Å². The van der Waals surface area contributed by atoms with Gasteiger partial charge in [-0.05, 0) is 57.2 Å². The zero-order valence-electron chi connectivity index (χ0n) is 19.5. The molecule has 1 aromatic carbocycles. The first-order valence-corrected chi connectivity index (χ1v) is 11.6. The van der Waals surface area contributed by atoms with E-state index in [1.54, 1.807) is 6.20 Å². The fraction of sp³-hybridized carbons (Fsp3) is 0.423. The van der Waals surface area contributed by atoms with Gasteiger partial charge in [-0.3, -0.25) is 14.9 Å². The third kappa shape index (κ3) is 4.63. The summed E-state index contributed by atoms with van der Waals surface area (Å²) in [5.41, 5.74) is 5.76. The molecular weight excluding hydrogens is 412 g/mol. The minimum absolute atomic E-state index is 0.141. The van der Waals surface area contributed by atoms with Crippen molar-refractivity contribution in [1.82, 2.24) is 14.9 Å². The number of morpholine rings is 1. The minimum Gasteiger partial charge on any atom is -0.380 e. The molecule has 0 amide bonds. The molecule has 0 bridgehead atoms. The molecule has 170 valence electrons. The lowest BCUT2D eigenvalue weighted by molar-refractivity contribution is -0.0418. The van der Waals surface area contributed by atoms with E-state index in [4.69, 9.17) is 4.74 Å². The predicted octanol–water partition coefficient (Wildman–Crippen LogP) is 3.51. The molecule has 0 radical (unpaired) electrons. The lowest BCUT2D eigenvalue weighted by atomic mass is 10.0. The molecule has 0 spiro atoms. The number of nitrogens with one attached hydrogen (secondary N) is 1. The Balaban J connectivity index is 1.23. The summed E-state index contributed by atoms with van der Waals surface area (Å²) in [7, 11) is 0. The van der Waals surface area contributed by atoms with E-state index in [2.05, 4.69) is 62.3 Å². The average molecular weight is 443 g/mol. The number of benzene rings is 1. The summed E-state index contributed by atoms with van der Waals surface area (Å²) >= 11 is 0. The maximum absolute atomic E-state index is 9.46. The summed E-state index contributed by atoms with van der Waals surface area (Å²) < 4.78 is 6.31. The Morgan fingerprint density at radius 2 is 1.91 bits per heavy atom. The highest BCUT2D eigenvalue weighted by atomic mass is 16.5. The molecule has 0 saturated carbocycles. The van der Waals surface area contributed by atoms with Gasteiger partial charge in [-0.15, -0.1) is 0 Å². The number of hydrogen-bond donors (Lipinski definition) is 1. The highest BCUT2D eigenvalue weighted by molar-refractivity contribution is 5.95. The quantitative estimate of drug-likeness (QED) is 0.648. The number of fused-ring (bicyclic) bond motifs is 1. The molecule has 5 rings (SSSR count). The summed E-state index contributed by atoms with van der Waals surface area (Å²) in [6.07, 6.45) is 2.03. The third-order valence-electron chi connectivity index (χ3n) is 6.41. The number of hydrogen-bond acceptors (Lipinski definition) is 7. The summed E-state index contributed by atoms with van der Waals surface area (Å²) in [5.74, 6) is 0. The highest BCUT2D eigenvalue weighted by Crippen LogP contribution is 2.30. The molecule has 2 aromatic heterocycles. The van der Waals surface area contributed by atoms with Crippen LogP contribution in [0.4, 0.5) is 11.4 Å². The van der Waals surface area contributed by atoms with Gasteiger partial charge in [0.25, 0.3) is 0 Å². The van der Waals surface area contributed by atoms with Crippen molar-refractivity contribution in [2.24, 2.45) is 0 Å². The van der Waals surface area contributed by atoms with Gasteiger partial charge < -0.3 is 15.0 Å². The van der Waals surface area contributed by atoms with Crippen LogP contribution in [0.3, 0.4) is 0 Å². The fourth-order valence-electron chi connectivity index (χ4n) is 5.12. The zero-order valence-corrected chi connectivity index (χ0v) is 19.5. The van der Waals surface area contributed by atoms with Gasteiger partial charge in [0.2, 0.25) is 0 Å². The van der Waals surface area contributed by atoms with Crippen molar-refractivity contribution in [3.8, 4) is 6.07 Å². The molecule has 2 saturated heterocycles. The molecular formula is C26H30N6O. The number of aromatic nitrogens is 2. The first kappa shape index (κ1) is 21.6. The number of likely N-dealkylation sites (tertiary alicyclic amines) is 1. The van der Waals surface area contributed by atoms with E-state index in [1.807, 2.05) is 26.0 Å². The zero-order chi connectivity index (χ0) is 22.9. The maximum Gasteiger partial charge on any atom is 0.101 e. The molecule has 1 N–H and O–H groups in total. The topological polar surface area (TPSA) is 77.3 Å². The van der Waals surface area contributed by atoms with Crippen molar-refractivity contribution in [1.29, 1.82) is 5.26 Å². The molecule has 2 atom stereocenters. The van der Waals surface area contributed by atoms with Crippen LogP contribution in [-0.2, 0) is 4.74 Å². The van der Waals surface area contributed by atoms with Gasteiger partial charge in [0.15, 0.2) is 0 Å². The Hall–Kier alpha value is -3.21. The largest absolute Gasteiger partial charge is 0.380 e. The molecule has 0 aliphatic carbocycles. The normalized spacial score (nSPS) is 21.6. The van der Waals surface area contributed by atoms with E-state index >= 15 is 0 Å². The van der Waals surface area contributed by atoms with Gasteiger partial charge in [-0.25, -0.2) is 0 Å². The SMILES string of the molecule is Cc1cc(NC2CN(C[C@H]3CN(c4ccc(C#N)c5ncccc45)C[C@@H](C)O3)C2)cc(C)n1. The second kappa shape index (κ2) is 8.97. The second-order valence-corrected chi connectivity index (χ2v) is 9.32. The Kier molecular flexibility index (Phi) is 5.88. The van der Waals surface area contributed by atoms with Crippen LogP contribution in [-0.4, -0.2) is 65.8 Å². The van der Waals surface area contributed by atoms with Crippen molar-refractivity contribution in [3.63, 3.8) is 0 Å². The number of pyridine rings is 2. The van der Waals surface area contributed by atoms with E-state index < -0.39 is 0 Å². The van der Waals surface area contributed by atoms with Gasteiger partial charge in [-0.1, -0.05) is 0 Å². The summed E-state index contributed by atoms with van der Waals surface area (Å²) in [5, 5.41) is 14.1. The number of nitriles is 1. The van der Waals surface area contributed by atoms with E-state index in [0.29, 0.717) is 11.6 Å². The van der Waals surface area contributed by atoms with Crippen LogP contribution in [0.25, 0.3) is 10.9 Å². The molecule has 4 heterocycles. The van der Waals surface area contributed by atoms with E-state index in [-0.39, 0.29) is 12.2 Å². The van der Waals surface area contributed by atoms with Crippen molar-refractivity contribution < 1.29 is 4.74 Å². The molecule has 3 aromatic rings. The molecule has 2 aliphatic rings. The molecule has 7 nitrogen and oxygen atoms in total. The lowest BCUT2D eigenvalue weighted by Gasteiger charge is -2.45. The van der Waals surface area contributed by atoms with Crippen LogP contribution < -0.4 is 10.2 Å². The maximum atomic E-state index is 9.46. The summed E-state index contributed by atoms with van der Waals surface area (Å²) in [4.78, 5) is 13.8.